The van der Waals surface area contributed by atoms with Gasteiger partial charge in [-0.2, -0.15) is 0 Å². The van der Waals surface area contributed by atoms with Gasteiger partial charge in [-0.15, -0.1) is 11.3 Å². The highest BCUT2D eigenvalue weighted by Crippen LogP contribution is 2.43. The first kappa shape index (κ1) is 8.56. The van der Waals surface area contributed by atoms with Gasteiger partial charge in [0.05, 0.1) is 4.70 Å². The Morgan fingerprint density at radius 1 is 0.800 bits per heavy atom. The lowest BCUT2D eigenvalue weighted by Gasteiger charge is -2.05. The van der Waals surface area contributed by atoms with Crippen molar-refractivity contribution in [1.82, 2.24) is 0 Å². The average molecular weight is 216 g/mol. The normalized spacial score (nSPS) is 11.2. The lowest BCUT2D eigenvalue weighted by atomic mass is 10.1. The van der Waals surface area contributed by atoms with Crippen LogP contribution in [0.3, 0.4) is 0 Å². The fraction of sp³-hybridized carbons (Fsp3) is 0. The number of fused-ring (bicyclic) bond motifs is 2. The number of benzene rings is 2. The van der Waals surface area contributed by atoms with Gasteiger partial charge in [0.1, 0.15) is 11.5 Å². The molecule has 0 atom stereocenters. The largest absolute Gasteiger partial charge is 0.507 e. The van der Waals surface area contributed by atoms with Gasteiger partial charge in [-0.3, -0.25) is 0 Å². The predicted molar refractivity (Wildman–Crippen MR) is 62.7 cm³/mol. The maximum Gasteiger partial charge on any atom is 0.141 e. The molecule has 0 aliphatic carbocycles. The van der Waals surface area contributed by atoms with Crippen LogP contribution < -0.4 is 0 Å². The molecule has 0 spiro atoms. The van der Waals surface area contributed by atoms with Crippen LogP contribution in [0.1, 0.15) is 0 Å². The third-order valence-electron chi connectivity index (χ3n) is 2.57. The van der Waals surface area contributed by atoms with E-state index in [-0.39, 0.29) is 11.5 Å². The molecule has 0 radical (unpaired) electrons. The topological polar surface area (TPSA) is 40.5 Å². The highest BCUT2D eigenvalue weighted by molar-refractivity contribution is 7.17. The molecule has 1 aromatic heterocycles. The summed E-state index contributed by atoms with van der Waals surface area (Å²) < 4.78 is 0.742. The third kappa shape index (κ3) is 1.04. The first-order chi connectivity index (χ1) is 7.29. The Labute approximate surface area is 90.0 Å². The number of phenolic OH excluding ortho intramolecular Hbond substituents is 2. The molecule has 0 saturated carbocycles. The first-order valence-corrected chi connectivity index (χ1v) is 5.47. The van der Waals surface area contributed by atoms with Crippen LogP contribution in [0.25, 0.3) is 20.9 Å². The number of aromatic hydroxyl groups is 2. The third-order valence-corrected chi connectivity index (χ3v) is 3.49. The highest BCUT2D eigenvalue weighted by Gasteiger charge is 2.12. The maximum atomic E-state index is 10.0. The van der Waals surface area contributed by atoms with E-state index in [1.165, 1.54) is 11.3 Å². The van der Waals surface area contributed by atoms with Crippen LogP contribution in [0.2, 0.25) is 0 Å². The molecule has 0 unspecified atom stereocenters. The van der Waals surface area contributed by atoms with Crippen molar-refractivity contribution < 1.29 is 10.2 Å². The monoisotopic (exact) mass is 216 g/mol. The minimum Gasteiger partial charge on any atom is -0.507 e. The fourth-order valence-corrected chi connectivity index (χ4v) is 2.70. The zero-order chi connectivity index (χ0) is 10.4. The average Bonchev–Trinajstić information content (AvgIpc) is 2.75. The van der Waals surface area contributed by atoms with Gasteiger partial charge >= 0.3 is 0 Å². The van der Waals surface area contributed by atoms with E-state index in [0.29, 0.717) is 10.8 Å². The number of phenols is 2. The molecule has 0 aliphatic heterocycles. The Bertz CT molecular complexity index is 600. The molecule has 2 aromatic carbocycles. The van der Waals surface area contributed by atoms with Crippen molar-refractivity contribution in [3.8, 4) is 11.5 Å². The molecular formula is C12H8O2S. The summed E-state index contributed by atoms with van der Waals surface area (Å²) in [5.74, 6) is 0.507. The van der Waals surface area contributed by atoms with Gasteiger partial charge in [-0.1, -0.05) is 24.3 Å². The molecule has 2 nitrogen and oxygen atoms in total. The van der Waals surface area contributed by atoms with E-state index >= 15 is 0 Å². The van der Waals surface area contributed by atoms with E-state index in [1.54, 1.807) is 0 Å². The quantitative estimate of drug-likeness (QED) is 0.565. The lowest BCUT2D eigenvalue weighted by Crippen LogP contribution is -1.76. The maximum absolute atomic E-state index is 10.0. The van der Waals surface area contributed by atoms with Crippen LogP contribution in [0.15, 0.2) is 35.7 Å². The molecule has 0 amide bonds. The molecule has 74 valence electrons. The fourth-order valence-electron chi connectivity index (χ4n) is 1.84. The van der Waals surface area contributed by atoms with E-state index in [2.05, 4.69) is 0 Å². The second kappa shape index (κ2) is 2.87. The van der Waals surface area contributed by atoms with Crippen molar-refractivity contribution >= 4 is 32.2 Å². The minimum absolute atomic E-state index is 0.250. The molecule has 3 rings (SSSR count). The van der Waals surface area contributed by atoms with Crippen molar-refractivity contribution in [2.75, 3.05) is 0 Å². The van der Waals surface area contributed by atoms with E-state index in [9.17, 15) is 10.2 Å². The van der Waals surface area contributed by atoms with Gasteiger partial charge in [0.15, 0.2) is 0 Å². The van der Waals surface area contributed by atoms with Gasteiger partial charge < -0.3 is 10.2 Å². The standard InChI is InChI=1S/C12H8O2S/c13-10-7-3-1-2-4-8(7)11(14)12-9(10)5-6-15-12/h1-6,13-14H. The van der Waals surface area contributed by atoms with Crippen LogP contribution in [0.4, 0.5) is 0 Å². The lowest BCUT2D eigenvalue weighted by molar-refractivity contribution is 0.479. The second-order valence-corrected chi connectivity index (χ2v) is 4.32. The highest BCUT2D eigenvalue weighted by atomic mass is 32.1. The summed E-state index contributed by atoms with van der Waals surface area (Å²) in [4.78, 5) is 0. The van der Waals surface area contributed by atoms with Gasteiger partial charge in [-0.25, -0.2) is 0 Å². The van der Waals surface area contributed by atoms with Crippen molar-refractivity contribution in [1.29, 1.82) is 0 Å². The van der Waals surface area contributed by atoms with E-state index in [0.717, 1.165) is 10.1 Å². The summed E-state index contributed by atoms with van der Waals surface area (Å²) in [7, 11) is 0. The Kier molecular flexibility index (Phi) is 1.64. The van der Waals surface area contributed by atoms with Crippen LogP contribution in [0.5, 0.6) is 11.5 Å². The van der Waals surface area contributed by atoms with E-state index in [1.807, 2.05) is 35.7 Å². The Balaban J connectivity index is 2.69. The SMILES string of the molecule is Oc1c2ccccc2c(O)c2sccc12. The molecule has 3 heteroatoms. The zero-order valence-electron chi connectivity index (χ0n) is 7.77. The Morgan fingerprint density at radius 3 is 2.20 bits per heavy atom. The molecule has 3 aromatic rings. The van der Waals surface area contributed by atoms with Gasteiger partial charge in [0.2, 0.25) is 0 Å². The van der Waals surface area contributed by atoms with Crippen molar-refractivity contribution in [3.63, 3.8) is 0 Å². The summed E-state index contributed by atoms with van der Waals surface area (Å²) in [6, 6.07) is 9.13. The molecule has 0 aliphatic rings. The minimum atomic E-state index is 0.250. The number of thiophene rings is 1. The molecule has 0 bridgehead atoms. The first-order valence-electron chi connectivity index (χ1n) is 4.59. The van der Waals surface area contributed by atoms with Crippen molar-refractivity contribution in [2.24, 2.45) is 0 Å². The number of hydrogen-bond acceptors (Lipinski definition) is 3. The number of rotatable bonds is 0. The van der Waals surface area contributed by atoms with Crippen LogP contribution >= 0.6 is 11.3 Å². The van der Waals surface area contributed by atoms with Gasteiger partial charge in [-0.05, 0) is 11.4 Å². The second-order valence-electron chi connectivity index (χ2n) is 3.41. The summed E-state index contributed by atoms with van der Waals surface area (Å²) in [5, 5.41) is 24.0. The number of hydrogen-bond donors (Lipinski definition) is 2. The summed E-state index contributed by atoms with van der Waals surface area (Å²) in [5.41, 5.74) is 0. The Hall–Kier alpha value is -1.74. The molecular weight excluding hydrogens is 208 g/mol. The molecule has 0 fully saturated rings. The van der Waals surface area contributed by atoms with E-state index < -0.39 is 0 Å². The molecule has 2 N–H and O–H groups in total. The van der Waals surface area contributed by atoms with Crippen LogP contribution in [-0.2, 0) is 0 Å². The molecule has 1 heterocycles. The van der Waals surface area contributed by atoms with Gasteiger partial charge in [0.25, 0.3) is 0 Å². The van der Waals surface area contributed by atoms with Crippen LogP contribution in [0, 0.1) is 0 Å². The Morgan fingerprint density at radius 2 is 1.47 bits per heavy atom. The molecule has 0 saturated heterocycles. The van der Waals surface area contributed by atoms with Crippen molar-refractivity contribution in [3.05, 3.63) is 35.7 Å². The summed E-state index contributed by atoms with van der Waals surface area (Å²) in [6.07, 6.45) is 0. The van der Waals surface area contributed by atoms with Crippen LogP contribution in [-0.4, -0.2) is 10.2 Å². The summed E-state index contributed by atoms with van der Waals surface area (Å²) in [6.45, 7) is 0. The molecule has 15 heavy (non-hydrogen) atoms. The zero-order valence-corrected chi connectivity index (χ0v) is 8.58. The predicted octanol–water partition coefficient (Wildman–Crippen LogP) is 3.47. The van der Waals surface area contributed by atoms with Gasteiger partial charge in [0, 0.05) is 16.2 Å². The summed E-state index contributed by atoms with van der Waals surface area (Å²) >= 11 is 1.43. The smallest absolute Gasteiger partial charge is 0.141 e. The van der Waals surface area contributed by atoms with Crippen molar-refractivity contribution in [2.45, 2.75) is 0 Å². The van der Waals surface area contributed by atoms with E-state index in [4.69, 9.17) is 0 Å².